The molecule has 82 valence electrons. The molecule has 0 bridgehead atoms. The molecule has 0 fully saturated rings. The molecule has 4 nitrogen and oxygen atoms in total. The molecule has 0 aliphatic carbocycles. The average Bonchev–Trinajstić information content (AvgIpc) is 2.77. The van der Waals surface area contributed by atoms with E-state index in [1.165, 1.54) is 0 Å². The maximum atomic E-state index is 11.6. The summed E-state index contributed by atoms with van der Waals surface area (Å²) < 4.78 is 0. The molecular weight excluding hydrogens is 202 g/mol. The van der Waals surface area contributed by atoms with Gasteiger partial charge in [0.25, 0.3) is 5.91 Å². The second-order valence-corrected chi connectivity index (χ2v) is 3.55. The highest BCUT2D eigenvalue weighted by atomic mass is 16.1. The number of nitrogens with one attached hydrogen (secondary N) is 2. The number of benzene rings is 1. The second kappa shape index (κ2) is 4.18. The highest BCUT2D eigenvalue weighted by Crippen LogP contribution is 2.24. The normalized spacial score (nSPS) is 10.1. The van der Waals surface area contributed by atoms with Gasteiger partial charge in [-0.3, -0.25) is 9.89 Å². The molecule has 1 aromatic carbocycles. The Bertz CT molecular complexity index is 516. The van der Waals surface area contributed by atoms with Crippen LogP contribution in [0.1, 0.15) is 16.1 Å². The molecule has 0 saturated heterocycles. The van der Waals surface area contributed by atoms with E-state index >= 15 is 0 Å². The summed E-state index contributed by atoms with van der Waals surface area (Å²) in [4.78, 5) is 11.6. The van der Waals surface area contributed by atoms with Gasteiger partial charge >= 0.3 is 0 Å². The summed E-state index contributed by atoms with van der Waals surface area (Å²) in [5.74, 6) is -0.157. The molecule has 0 spiro atoms. The number of rotatable bonds is 2. The van der Waals surface area contributed by atoms with Crippen LogP contribution in [-0.4, -0.2) is 23.2 Å². The van der Waals surface area contributed by atoms with Gasteiger partial charge in [0.15, 0.2) is 0 Å². The number of aromatic nitrogens is 2. The lowest BCUT2D eigenvalue weighted by molar-refractivity contribution is 0.0959. The SMILES string of the molecule is CNC(=O)c1[nH]ncc1-c1ccccc1C. The number of H-pyrrole nitrogens is 1. The van der Waals surface area contributed by atoms with Crippen molar-refractivity contribution in [2.75, 3.05) is 7.05 Å². The van der Waals surface area contributed by atoms with E-state index in [-0.39, 0.29) is 5.91 Å². The van der Waals surface area contributed by atoms with Crippen molar-refractivity contribution in [3.63, 3.8) is 0 Å². The summed E-state index contributed by atoms with van der Waals surface area (Å²) in [6.07, 6.45) is 1.67. The van der Waals surface area contributed by atoms with Crippen molar-refractivity contribution in [2.24, 2.45) is 0 Å². The van der Waals surface area contributed by atoms with Crippen molar-refractivity contribution in [3.8, 4) is 11.1 Å². The molecular formula is C12H13N3O. The standard InChI is InChI=1S/C12H13N3O/c1-8-5-3-4-6-9(8)10-7-14-15-11(10)12(16)13-2/h3-7H,1-2H3,(H,13,16)(H,14,15). The Balaban J connectivity index is 2.53. The molecule has 0 saturated carbocycles. The van der Waals surface area contributed by atoms with E-state index < -0.39 is 0 Å². The number of nitrogens with zero attached hydrogens (tertiary/aromatic N) is 1. The van der Waals surface area contributed by atoms with E-state index in [0.717, 1.165) is 16.7 Å². The lowest BCUT2D eigenvalue weighted by atomic mass is 10.0. The predicted molar refractivity (Wildman–Crippen MR) is 62.2 cm³/mol. The lowest BCUT2D eigenvalue weighted by Crippen LogP contribution is -2.19. The Hall–Kier alpha value is -2.10. The molecule has 0 atom stereocenters. The lowest BCUT2D eigenvalue weighted by Gasteiger charge is -2.05. The van der Waals surface area contributed by atoms with Gasteiger partial charge in [0.2, 0.25) is 0 Å². The van der Waals surface area contributed by atoms with Gasteiger partial charge in [0, 0.05) is 12.6 Å². The number of carbonyl (C=O) groups excluding carboxylic acids is 1. The van der Waals surface area contributed by atoms with Crippen LogP contribution in [0.4, 0.5) is 0 Å². The smallest absolute Gasteiger partial charge is 0.269 e. The molecule has 1 aromatic heterocycles. The fraction of sp³-hybridized carbons (Fsp3) is 0.167. The molecule has 16 heavy (non-hydrogen) atoms. The van der Waals surface area contributed by atoms with E-state index in [4.69, 9.17) is 0 Å². The molecule has 1 heterocycles. The minimum Gasteiger partial charge on any atom is -0.354 e. The molecule has 2 rings (SSSR count). The first-order valence-electron chi connectivity index (χ1n) is 5.05. The number of amides is 1. The summed E-state index contributed by atoms with van der Waals surface area (Å²) in [7, 11) is 1.60. The topological polar surface area (TPSA) is 57.8 Å². The van der Waals surface area contributed by atoms with Gasteiger partial charge in [-0.25, -0.2) is 0 Å². The summed E-state index contributed by atoms with van der Waals surface area (Å²) in [6, 6.07) is 7.91. The van der Waals surface area contributed by atoms with E-state index in [0.29, 0.717) is 5.69 Å². The van der Waals surface area contributed by atoms with Crippen LogP contribution in [0.2, 0.25) is 0 Å². The van der Waals surface area contributed by atoms with Crippen LogP contribution in [0.3, 0.4) is 0 Å². The molecule has 0 radical (unpaired) electrons. The number of hydrogen-bond acceptors (Lipinski definition) is 2. The van der Waals surface area contributed by atoms with Crippen molar-refractivity contribution >= 4 is 5.91 Å². The third-order valence-electron chi connectivity index (χ3n) is 2.53. The minimum absolute atomic E-state index is 0.157. The first kappa shape index (κ1) is 10.4. The van der Waals surface area contributed by atoms with Crippen LogP contribution in [-0.2, 0) is 0 Å². The van der Waals surface area contributed by atoms with Crippen molar-refractivity contribution in [3.05, 3.63) is 41.7 Å². The first-order chi connectivity index (χ1) is 7.74. The number of aryl methyl sites for hydroxylation is 1. The Labute approximate surface area is 93.7 Å². The van der Waals surface area contributed by atoms with Crippen LogP contribution >= 0.6 is 0 Å². The maximum Gasteiger partial charge on any atom is 0.269 e. The summed E-state index contributed by atoms with van der Waals surface area (Å²) >= 11 is 0. The van der Waals surface area contributed by atoms with Crippen LogP contribution < -0.4 is 5.32 Å². The van der Waals surface area contributed by atoms with E-state index in [1.54, 1.807) is 13.2 Å². The van der Waals surface area contributed by atoms with Crippen LogP contribution in [0.15, 0.2) is 30.5 Å². The quantitative estimate of drug-likeness (QED) is 0.801. The number of carbonyl (C=O) groups is 1. The van der Waals surface area contributed by atoms with Crippen molar-refractivity contribution in [1.82, 2.24) is 15.5 Å². The van der Waals surface area contributed by atoms with Gasteiger partial charge in [-0.05, 0) is 18.1 Å². The van der Waals surface area contributed by atoms with Crippen molar-refractivity contribution in [1.29, 1.82) is 0 Å². The third kappa shape index (κ3) is 1.69. The van der Waals surface area contributed by atoms with Gasteiger partial charge in [-0.15, -0.1) is 0 Å². The number of aromatic amines is 1. The Kier molecular flexibility index (Phi) is 2.72. The third-order valence-corrected chi connectivity index (χ3v) is 2.53. The van der Waals surface area contributed by atoms with E-state index in [9.17, 15) is 4.79 Å². The molecule has 2 N–H and O–H groups in total. The van der Waals surface area contributed by atoms with Crippen molar-refractivity contribution < 1.29 is 4.79 Å². The fourth-order valence-electron chi connectivity index (χ4n) is 1.66. The minimum atomic E-state index is -0.157. The Morgan fingerprint density at radius 2 is 2.06 bits per heavy atom. The van der Waals surface area contributed by atoms with Crippen molar-refractivity contribution in [2.45, 2.75) is 6.92 Å². The zero-order chi connectivity index (χ0) is 11.5. The molecule has 0 unspecified atom stereocenters. The fourth-order valence-corrected chi connectivity index (χ4v) is 1.66. The van der Waals surface area contributed by atoms with Gasteiger partial charge in [0.1, 0.15) is 5.69 Å². The summed E-state index contributed by atoms with van der Waals surface area (Å²) in [5.41, 5.74) is 3.47. The zero-order valence-corrected chi connectivity index (χ0v) is 9.24. The van der Waals surface area contributed by atoms with Crippen LogP contribution in [0.5, 0.6) is 0 Å². The van der Waals surface area contributed by atoms with E-state index in [2.05, 4.69) is 15.5 Å². The maximum absolute atomic E-state index is 11.6. The van der Waals surface area contributed by atoms with Gasteiger partial charge < -0.3 is 5.32 Å². The first-order valence-corrected chi connectivity index (χ1v) is 5.05. The van der Waals surface area contributed by atoms with Gasteiger partial charge in [-0.1, -0.05) is 24.3 Å². The highest BCUT2D eigenvalue weighted by Gasteiger charge is 2.14. The summed E-state index contributed by atoms with van der Waals surface area (Å²) in [5, 5.41) is 9.23. The van der Waals surface area contributed by atoms with Crippen LogP contribution in [0, 0.1) is 6.92 Å². The second-order valence-electron chi connectivity index (χ2n) is 3.55. The molecule has 2 aromatic rings. The molecule has 0 aliphatic heterocycles. The monoisotopic (exact) mass is 215 g/mol. The highest BCUT2D eigenvalue weighted by molar-refractivity contribution is 5.99. The molecule has 0 aliphatic rings. The summed E-state index contributed by atoms with van der Waals surface area (Å²) in [6.45, 7) is 2.01. The number of hydrogen-bond donors (Lipinski definition) is 2. The molecule has 1 amide bonds. The zero-order valence-electron chi connectivity index (χ0n) is 9.24. The Morgan fingerprint density at radius 3 is 2.75 bits per heavy atom. The van der Waals surface area contributed by atoms with Gasteiger partial charge in [0.05, 0.1) is 6.20 Å². The molecule has 4 heteroatoms. The largest absolute Gasteiger partial charge is 0.354 e. The van der Waals surface area contributed by atoms with Crippen LogP contribution in [0.25, 0.3) is 11.1 Å². The Morgan fingerprint density at radius 1 is 1.31 bits per heavy atom. The average molecular weight is 215 g/mol. The van der Waals surface area contributed by atoms with E-state index in [1.807, 2.05) is 31.2 Å². The van der Waals surface area contributed by atoms with Gasteiger partial charge in [-0.2, -0.15) is 5.10 Å². The predicted octanol–water partition coefficient (Wildman–Crippen LogP) is 1.74.